The molecule has 1 aromatic carbocycles. The number of ether oxygens (including phenoxy) is 1. The minimum Gasteiger partial charge on any atom is -0.380 e. The Morgan fingerprint density at radius 3 is 2.58 bits per heavy atom. The number of hydrogen-bond acceptors (Lipinski definition) is 2. The van der Waals surface area contributed by atoms with Gasteiger partial charge in [0.2, 0.25) is 0 Å². The standard InChI is InChI=1S/C14H18Br3NO/c1-2-3-11-8-10(4-5-19-11)18-14-12(16)6-9(15)7-13(14)17/h6-7,10-11,18H,2-5,8H2,1H3. The molecule has 0 saturated carbocycles. The van der Waals surface area contributed by atoms with Gasteiger partial charge in [0.15, 0.2) is 0 Å². The highest BCUT2D eigenvalue weighted by molar-refractivity contribution is 9.11. The maximum Gasteiger partial charge on any atom is 0.0631 e. The van der Waals surface area contributed by atoms with Gasteiger partial charge in [-0.05, 0) is 63.3 Å². The minimum atomic E-state index is 0.407. The molecule has 0 radical (unpaired) electrons. The van der Waals surface area contributed by atoms with Gasteiger partial charge in [0.05, 0.1) is 11.8 Å². The lowest BCUT2D eigenvalue weighted by atomic mass is 10.00. The van der Waals surface area contributed by atoms with Crippen LogP contribution in [-0.2, 0) is 4.74 Å². The van der Waals surface area contributed by atoms with Crippen LogP contribution in [0.1, 0.15) is 32.6 Å². The Morgan fingerprint density at radius 1 is 1.26 bits per heavy atom. The zero-order valence-corrected chi connectivity index (χ0v) is 15.6. The van der Waals surface area contributed by atoms with Crippen molar-refractivity contribution in [3.8, 4) is 0 Å². The van der Waals surface area contributed by atoms with E-state index in [9.17, 15) is 0 Å². The molecule has 19 heavy (non-hydrogen) atoms. The largest absolute Gasteiger partial charge is 0.380 e. The van der Waals surface area contributed by atoms with Crippen LogP contribution in [0.2, 0.25) is 0 Å². The van der Waals surface area contributed by atoms with Crippen molar-refractivity contribution in [1.29, 1.82) is 0 Å². The van der Waals surface area contributed by atoms with Crippen LogP contribution in [0.3, 0.4) is 0 Å². The average Bonchev–Trinajstić information content (AvgIpc) is 2.35. The molecular formula is C14H18Br3NO. The SMILES string of the molecule is CCCC1CC(Nc2c(Br)cc(Br)cc2Br)CCO1. The van der Waals surface area contributed by atoms with Crippen molar-refractivity contribution in [2.75, 3.05) is 11.9 Å². The van der Waals surface area contributed by atoms with Crippen molar-refractivity contribution in [2.45, 2.75) is 44.8 Å². The second-order valence-electron chi connectivity index (χ2n) is 4.89. The van der Waals surface area contributed by atoms with Gasteiger partial charge >= 0.3 is 0 Å². The highest BCUT2D eigenvalue weighted by atomic mass is 79.9. The number of benzene rings is 1. The maximum absolute atomic E-state index is 5.79. The lowest BCUT2D eigenvalue weighted by Gasteiger charge is -2.31. The van der Waals surface area contributed by atoms with Crippen LogP contribution in [0.15, 0.2) is 25.6 Å². The molecule has 5 heteroatoms. The lowest BCUT2D eigenvalue weighted by molar-refractivity contribution is 0.00596. The third kappa shape index (κ3) is 4.45. The summed E-state index contributed by atoms with van der Waals surface area (Å²) in [5, 5.41) is 3.64. The van der Waals surface area contributed by atoms with E-state index in [2.05, 4.69) is 72.2 Å². The van der Waals surface area contributed by atoms with Crippen molar-refractivity contribution in [3.05, 3.63) is 25.6 Å². The van der Waals surface area contributed by atoms with Gasteiger partial charge in [-0.2, -0.15) is 0 Å². The van der Waals surface area contributed by atoms with E-state index in [-0.39, 0.29) is 0 Å². The molecule has 2 atom stereocenters. The Morgan fingerprint density at radius 2 is 1.95 bits per heavy atom. The van der Waals surface area contributed by atoms with Crippen LogP contribution in [0, 0.1) is 0 Å². The Balaban J connectivity index is 2.04. The average molecular weight is 456 g/mol. The van der Waals surface area contributed by atoms with E-state index in [4.69, 9.17) is 4.74 Å². The van der Waals surface area contributed by atoms with Crippen molar-refractivity contribution in [1.82, 2.24) is 0 Å². The first-order valence-electron chi connectivity index (χ1n) is 6.62. The Kier molecular flexibility index (Phi) is 6.18. The van der Waals surface area contributed by atoms with E-state index >= 15 is 0 Å². The molecule has 1 aliphatic heterocycles. The molecule has 0 bridgehead atoms. The zero-order valence-electron chi connectivity index (χ0n) is 10.9. The van der Waals surface area contributed by atoms with Crippen molar-refractivity contribution in [3.63, 3.8) is 0 Å². The predicted molar refractivity (Wildman–Crippen MR) is 90.8 cm³/mol. The topological polar surface area (TPSA) is 21.3 Å². The molecule has 1 aliphatic rings. The third-order valence-corrected chi connectivity index (χ3v) is 5.04. The summed E-state index contributed by atoms with van der Waals surface area (Å²) in [5.41, 5.74) is 1.13. The van der Waals surface area contributed by atoms with E-state index in [1.165, 1.54) is 6.42 Å². The molecule has 2 nitrogen and oxygen atoms in total. The molecule has 1 saturated heterocycles. The second kappa shape index (κ2) is 7.43. The second-order valence-corrected chi connectivity index (χ2v) is 7.52. The van der Waals surface area contributed by atoms with E-state index in [0.29, 0.717) is 12.1 Å². The molecule has 106 valence electrons. The van der Waals surface area contributed by atoms with Crippen LogP contribution in [-0.4, -0.2) is 18.8 Å². The monoisotopic (exact) mass is 453 g/mol. The summed E-state index contributed by atoms with van der Waals surface area (Å²) >= 11 is 10.7. The molecule has 1 aromatic rings. The van der Waals surface area contributed by atoms with E-state index in [1.54, 1.807) is 0 Å². The summed E-state index contributed by atoms with van der Waals surface area (Å²) in [7, 11) is 0. The highest BCUT2D eigenvalue weighted by Crippen LogP contribution is 2.36. The predicted octanol–water partition coefficient (Wildman–Crippen LogP) is 5.73. The van der Waals surface area contributed by atoms with Crippen LogP contribution >= 0.6 is 47.8 Å². The highest BCUT2D eigenvalue weighted by Gasteiger charge is 2.23. The van der Waals surface area contributed by atoms with E-state index in [1.807, 2.05) is 0 Å². The van der Waals surface area contributed by atoms with Gasteiger partial charge in [0, 0.05) is 26.1 Å². The van der Waals surface area contributed by atoms with Gasteiger partial charge in [-0.25, -0.2) is 0 Å². The number of nitrogens with one attached hydrogen (secondary N) is 1. The summed E-state index contributed by atoms with van der Waals surface area (Å²) in [4.78, 5) is 0. The van der Waals surface area contributed by atoms with E-state index in [0.717, 1.165) is 45.0 Å². The van der Waals surface area contributed by atoms with Gasteiger partial charge in [-0.3, -0.25) is 0 Å². The first-order valence-corrected chi connectivity index (χ1v) is 9.00. The molecule has 1 fully saturated rings. The lowest BCUT2D eigenvalue weighted by Crippen LogP contribution is -2.34. The van der Waals surface area contributed by atoms with Gasteiger partial charge in [-0.1, -0.05) is 29.3 Å². The molecule has 0 amide bonds. The van der Waals surface area contributed by atoms with Crippen LogP contribution in [0.5, 0.6) is 0 Å². The number of rotatable bonds is 4. The number of halogens is 3. The molecule has 2 unspecified atom stereocenters. The van der Waals surface area contributed by atoms with Gasteiger partial charge < -0.3 is 10.1 Å². The van der Waals surface area contributed by atoms with Gasteiger partial charge in [-0.15, -0.1) is 0 Å². The third-order valence-electron chi connectivity index (χ3n) is 3.33. The summed E-state index contributed by atoms with van der Waals surface area (Å²) in [6.07, 6.45) is 4.89. The van der Waals surface area contributed by atoms with Crippen molar-refractivity contribution in [2.24, 2.45) is 0 Å². The first-order chi connectivity index (χ1) is 9.10. The summed E-state index contributed by atoms with van der Waals surface area (Å²) in [6.45, 7) is 3.07. The van der Waals surface area contributed by atoms with Gasteiger partial charge in [0.1, 0.15) is 0 Å². The summed E-state index contributed by atoms with van der Waals surface area (Å²) in [6, 6.07) is 4.62. The summed E-state index contributed by atoms with van der Waals surface area (Å²) in [5.74, 6) is 0. The molecule has 0 spiro atoms. The zero-order chi connectivity index (χ0) is 13.8. The maximum atomic E-state index is 5.79. The molecule has 1 N–H and O–H groups in total. The fraction of sp³-hybridized carbons (Fsp3) is 0.571. The Hall–Kier alpha value is 0.420. The van der Waals surface area contributed by atoms with Crippen molar-refractivity contribution < 1.29 is 4.74 Å². The first kappa shape index (κ1) is 15.8. The molecule has 2 rings (SSSR count). The molecule has 0 aromatic heterocycles. The Bertz CT molecular complexity index is 414. The Labute approximate surface area is 140 Å². The van der Waals surface area contributed by atoms with E-state index < -0.39 is 0 Å². The fourth-order valence-electron chi connectivity index (χ4n) is 2.42. The normalized spacial score (nSPS) is 23.4. The fourth-order valence-corrected chi connectivity index (χ4v) is 4.91. The number of hydrogen-bond donors (Lipinski definition) is 1. The molecular weight excluding hydrogens is 438 g/mol. The van der Waals surface area contributed by atoms with Gasteiger partial charge in [0.25, 0.3) is 0 Å². The smallest absolute Gasteiger partial charge is 0.0631 e. The van der Waals surface area contributed by atoms with Crippen molar-refractivity contribution >= 4 is 53.5 Å². The summed E-state index contributed by atoms with van der Waals surface area (Å²) < 4.78 is 9.01. The minimum absolute atomic E-state index is 0.407. The quantitative estimate of drug-likeness (QED) is 0.625. The van der Waals surface area contributed by atoms with Crippen LogP contribution < -0.4 is 5.32 Å². The molecule has 0 aliphatic carbocycles. The molecule has 1 heterocycles. The van der Waals surface area contributed by atoms with Crippen LogP contribution in [0.4, 0.5) is 5.69 Å². The van der Waals surface area contributed by atoms with Crippen LogP contribution in [0.25, 0.3) is 0 Å². The number of anilines is 1.